The SMILES string of the molecule is CN=C(NCc1ccc(OCc2ccccc2)cc1)NCc1c(C)nn(C)c1C. The van der Waals surface area contributed by atoms with E-state index in [1.807, 2.05) is 49.0 Å². The largest absolute Gasteiger partial charge is 0.489 e. The van der Waals surface area contributed by atoms with Gasteiger partial charge in [0.1, 0.15) is 12.4 Å². The molecule has 0 saturated carbocycles. The van der Waals surface area contributed by atoms with Gasteiger partial charge < -0.3 is 15.4 Å². The second-order valence-electron chi connectivity index (χ2n) is 6.97. The first-order valence-electron chi connectivity index (χ1n) is 9.76. The van der Waals surface area contributed by atoms with Gasteiger partial charge >= 0.3 is 0 Å². The first-order valence-corrected chi connectivity index (χ1v) is 9.76. The molecule has 3 aromatic rings. The van der Waals surface area contributed by atoms with Gasteiger partial charge in [-0.1, -0.05) is 42.5 Å². The molecular formula is C23H29N5O. The van der Waals surface area contributed by atoms with E-state index in [1.165, 1.54) is 5.56 Å². The van der Waals surface area contributed by atoms with Crippen molar-refractivity contribution in [2.75, 3.05) is 7.05 Å². The van der Waals surface area contributed by atoms with Crippen LogP contribution in [0, 0.1) is 13.8 Å². The average molecular weight is 392 g/mol. The van der Waals surface area contributed by atoms with E-state index in [1.54, 1.807) is 7.05 Å². The van der Waals surface area contributed by atoms with Gasteiger partial charge in [-0.2, -0.15) is 5.10 Å². The van der Waals surface area contributed by atoms with Crippen LogP contribution in [0.15, 0.2) is 59.6 Å². The van der Waals surface area contributed by atoms with Crippen LogP contribution in [0.5, 0.6) is 5.75 Å². The molecule has 0 atom stereocenters. The lowest BCUT2D eigenvalue weighted by atomic mass is 10.2. The summed E-state index contributed by atoms with van der Waals surface area (Å²) in [5.41, 5.74) is 5.73. The highest BCUT2D eigenvalue weighted by molar-refractivity contribution is 5.79. The first kappa shape index (κ1) is 20.5. The Hall–Kier alpha value is -3.28. The number of guanidine groups is 1. The van der Waals surface area contributed by atoms with E-state index in [0.717, 1.165) is 34.2 Å². The maximum Gasteiger partial charge on any atom is 0.191 e. The van der Waals surface area contributed by atoms with Gasteiger partial charge in [0.25, 0.3) is 0 Å². The van der Waals surface area contributed by atoms with Crippen LogP contribution in [-0.2, 0) is 26.7 Å². The fraction of sp³-hybridized carbons (Fsp3) is 0.304. The molecule has 0 aliphatic rings. The minimum atomic E-state index is 0.572. The monoisotopic (exact) mass is 391 g/mol. The standard InChI is InChI=1S/C23H29N5O/c1-17-22(18(2)28(4)27-17)15-26-23(24-3)25-14-19-10-12-21(13-11-19)29-16-20-8-6-5-7-9-20/h5-13H,14-16H2,1-4H3,(H2,24,25,26). The number of aromatic nitrogens is 2. The van der Waals surface area contributed by atoms with Crippen LogP contribution in [0.3, 0.4) is 0 Å². The Bertz CT molecular complexity index is 945. The fourth-order valence-electron chi connectivity index (χ4n) is 3.10. The van der Waals surface area contributed by atoms with Gasteiger partial charge in [0, 0.05) is 38.4 Å². The molecule has 0 bridgehead atoms. The summed E-state index contributed by atoms with van der Waals surface area (Å²) in [6.07, 6.45) is 0. The van der Waals surface area contributed by atoms with E-state index < -0.39 is 0 Å². The summed E-state index contributed by atoms with van der Waals surface area (Å²) >= 11 is 0. The van der Waals surface area contributed by atoms with Crippen molar-refractivity contribution < 1.29 is 4.74 Å². The van der Waals surface area contributed by atoms with Gasteiger partial charge in [0.2, 0.25) is 0 Å². The molecule has 0 aliphatic carbocycles. The van der Waals surface area contributed by atoms with E-state index in [0.29, 0.717) is 19.7 Å². The average Bonchev–Trinajstić information content (AvgIpc) is 2.99. The first-order chi connectivity index (χ1) is 14.1. The molecular weight excluding hydrogens is 362 g/mol. The summed E-state index contributed by atoms with van der Waals surface area (Å²) in [6.45, 7) is 6.06. The molecule has 0 radical (unpaired) electrons. The van der Waals surface area contributed by atoms with Crippen molar-refractivity contribution in [1.82, 2.24) is 20.4 Å². The quantitative estimate of drug-likeness (QED) is 0.478. The molecule has 1 heterocycles. The van der Waals surface area contributed by atoms with Crippen molar-refractivity contribution in [3.8, 4) is 5.75 Å². The predicted octanol–water partition coefficient (Wildman–Crippen LogP) is 3.48. The number of nitrogens with zero attached hydrogens (tertiary/aromatic N) is 3. The summed E-state index contributed by atoms with van der Waals surface area (Å²) in [4.78, 5) is 4.31. The maximum atomic E-state index is 5.84. The number of benzene rings is 2. The molecule has 6 heteroatoms. The summed E-state index contributed by atoms with van der Waals surface area (Å²) < 4.78 is 7.75. The van der Waals surface area contributed by atoms with Crippen molar-refractivity contribution in [3.05, 3.63) is 82.7 Å². The van der Waals surface area contributed by atoms with Crippen LogP contribution in [0.25, 0.3) is 0 Å². The zero-order valence-corrected chi connectivity index (χ0v) is 17.6. The van der Waals surface area contributed by atoms with Crippen LogP contribution < -0.4 is 15.4 Å². The number of ether oxygens (including phenoxy) is 1. The third kappa shape index (κ3) is 5.60. The van der Waals surface area contributed by atoms with Gasteiger partial charge in [0.15, 0.2) is 5.96 Å². The smallest absolute Gasteiger partial charge is 0.191 e. The van der Waals surface area contributed by atoms with Crippen LogP contribution in [-0.4, -0.2) is 22.8 Å². The number of aryl methyl sites for hydroxylation is 2. The third-order valence-corrected chi connectivity index (χ3v) is 4.95. The number of nitrogens with one attached hydrogen (secondary N) is 2. The molecule has 29 heavy (non-hydrogen) atoms. The Morgan fingerprint density at radius 2 is 1.66 bits per heavy atom. The zero-order chi connectivity index (χ0) is 20.6. The molecule has 0 unspecified atom stereocenters. The van der Waals surface area contributed by atoms with Gasteiger partial charge in [-0.3, -0.25) is 9.67 Å². The van der Waals surface area contributed by atoms with E-state index in [2.05, 4.69) is 51.9 Å². The predicted molar refractivity (Wildman–Crippen MR) is 117 cm³/mol. The van der Waals surface area contributed by atoms with Crippen LogP contribution in [0.2, 0.25) is 0 Å². The highest BCUT2D eigenvalue weighted by atomic mass is 16.5. The fourth-order valence-corrected chi connectivity index (χ4v) is 3.10. The molecule has 0 aliphatic heterocycles. The normalized spacial score (nSPS) is 11.4. The van der Waals surface area contributed by atoms with Gasteiger partial charge in [-0.05, 0) is 37.1 Å². The number of hydrogen-bond acceptors (Lipinski definition) is 3. The van der Waals surface area contributed by atoms with E-state index in [9.17, 15) is 0 Å². The topological polar surface area (TPSA) is 63.5 Å². The third-order valence-electron chi connectivity index (χ3n) is 4.95. The highest BCUT2D eigenvalue weighted by Crippen LogP contribution is 2.14. The molecule has 2 N–H and O–H groups in total. The summed E-state index contributed by atoms with van der Waals surface area (Å²) in [6, 6.07) is 18.3. The molecule has 0 saturated heterocycles. The van der Waals surface area contributed by atoms with Crippen molar-refractivity contribution >= 4 is 5.96 Å². The van der Waals surface area contributed by atoms with Crippen LogP contribution in [0.4, 0.5) is 0 Å². The Labute approximate surface area is 172 Å². The Kier molecular flexibility index (Phi) is 6.89. The van der Waals surface area contributed by atoms with Crippen molar-refractivity contribution in [2.24, 2.45) is 12.0 Å². The second kappa shape index (κ2) is 9.78. The van der Waals surface area contributed by atoms with Gasteiger partial charge in [-0.15, -0.1) is 0 Å². The molecule has 0 spiro atoms. The lowest BCUT2D eigenvalue weighted by Crippen LogP contribution is -2.36. The minimum Gasteiger partial charge on any atom is -0.489 e. The minimum absolute atomic E-state index is 0.572. The number of rotatable bonds is 7. The number of aliphatic imine (C=N–C) groups is 1. The van der Waals surface area contributed by atoms with E-state index in [-0.39, 0.29) is 0 Å². The Morgan fingerprint density at radius 1 is 0.966 bits per heavy atom. The highest BCUT2D eigenvalue weighted by Gasteiger charge is 2.09. The van der Waals surface area contributed by atoms with E-state index in [4.69, 9.17) is 4.74 Å². The zero-order valence-electron chi connectivity index (χ0n) is 17.6. The van der Waals surface area contributed by atoms with Crippen LogP contribution in [0.1, 0.15) is 28.1 Å². The second-order valence-corrected chi connectivity index (χ2v) is 6.97. The summed E-state index contributed by atoms with van der Waals surface area (Å²) in [5.74, 6) is 1.62. The van der Waals surface area contributed by atoms with Crippen molar-refractivity contribution in [1.29, 1.82) is 0 Å². The summed E-state index contributed by atoms with van der Waals surface area (Å²) in [7, 11) is 3.74. The van der Waals surface area contributed by atoms with E-state index >= 15 is 0 Å². The lowest BCUT2D eigenvalue weighted by Gasteiger charge is -2.13. The Balaban J connectivity index is 1.48. The molecule has 1 aromatic heterocycles. The van der Waals surface area contributed by atoms with Crippen molar-refractivity contribution in [3.63, 3.8) is 0 Å². The maximum absolute atomic E-state index is 5.84. The summed E-state index contributed by atoms with van der Waals surface area (Å²) in [5, 5.41) is 11.2. The lowest BCUT2D eigenvalue weighted by molar-refractivity contribution is 0.306. The van der Waals surface area contributed by atoms with Gasteiger partial charge in [0.05, 0.1) is 5.69 Å². The molecule has 2 aromatic carbocycles. The Morgan fingerprint density at radius 3 is 2.28 bits per heavy atom. The molecule has 3 rings (SSSR count). The van der Waals surface area contributed by atoms with Crippen molar-refractivity contribution in [2.45, 2.75) is 33.5 Å². The molecule has 6 nitrogen and oxygen atoms in total. The molecule has 0 fully saturated rings. The molecule has 152 valence electrons. The number of hydrogen-bond donors (Lipinski definition) is 2. The molecule has 0 amide bonds. The van der Waals surface area contributed by atoms with Gasteiger partial charge in [-0.25, -0.2) is 0 Å². The van der Waals surface area contributed by atoms with Crippen LogP contribution >= 0.6 is 0 Å².